The van der Waals surface area contributed by atoms with Crippen LogP contribution in [-0.2, 0) is 6.18 Å². The largest absolute Gasteiger partial charge is 0.433 e. The third-order valence-electron chi connectivity index (χ3n) is 4.81. The van der Waals surface area contributed by atoms with Crippen LogP contribution in [0.1, 0.15) is 18.5 Å². The lowest BCUT2D eigenvalue weighted by atomic mass is 9.97. The van der Waals surface area contributed by atoms with Gasteiger partial charge in [-0.05, 0) is 25.0 Å². The first-order valence-electron chi connectivity index (χ1n) is 8.65. The highest BCUT2D eigenvalue weighted by atomic mass is 19.4. The minimum absolute atomic E-state index is 0.0849. The van der Waals surface area contributed by atoms with Crippen molar-refractivity contribution in [1.29, 1.82) is 5.26 Å². The molecule has 0 radical (unpaired) electrons. The van der Waals surface area contributed by atoms with E-state index < -0.39 is 18.0 Å². The van der Waals surface area contributed by atoms with Crippen LogP contribution < -0.4 is 21.5 Å². The van der Waals surface area contributed by atoms with Gasteiger partial charge in [-0.25, -0.2) is 10.4 Å². The first-order chi connectivity index (χ1) is 12.8. The number of para-hydroxylation sites is 1. The Bertz CT molecular complexity index is 847. The number of alkyl halides is 3. The summed E-state index contributed by atoms with van der Waals surface area (Å²) >= 11 is 0. The molecule has 144 valence electrons. The minimum atomic E-state index is -4.50. The predicted octanol–water partition coefficient (Wildman–Crippen LogP) is 2.37. The summed E-state index contributed by atoms with van der Waals surface area (Å²) in [5.41, 5.74) is 11.5. The molecule has 0 aliphatic carbocycles. The van der Waals surface area contributed by atoms with Crippen molar-refractivity contribution in [3.05, 3.63) is 36.0 Å². The Morgan fingerprint density at radius 3 is 2.74 bits per heavy atom. The zero-order chi connectivity index (χ0) is 19.6. The Balaban J connectivity index is 1.75. The van der Waals surface area contributed by atoms with E-state index in [1.807, 2.05) is 0 Å². The van der Waals surface area contributed by atoms with Crippen molar-refractivity contribution in [3.8, 4) is 6.07 Å². The third-order valence-corrected chi connectivity index (χ3v) is 4.81. The smallest absolute Gasteiger partial charge is 0.374 e. The molecule has 0 amide bonds. The molecule has 1 aliphatic rings. The van der Waals surface area contributed by atoms with Crippen molar-refractivity contribution in [1.82, 2.24) is 15.8 Å². The summed E-state index contributed by atoms with van der Waals surface area (Å²) in [6, 6.07) is 9.98. The lowest BCUT2D eigenvalue weighted by Crippen LogP contribution is -2.38. The average Bonchev–Trinajstić information content (AvgIpc) is 2.99. The van der Waals surface area contributed by atoms with E-state index in [4.69, 9.17) is 5.73 Å². The monoisotopic (exact) mass is 378 g/mol. The quantitative estimate of drug-likeness (QED) is 0.740. The molecule has 1 aromatic carbocycles. The van der Waals surface area contributed by atoms with E-state index in [2.05, 4.69) is 21.9 Å². The van der Waals surface area contributed by atoms with Crippen molar-refractivity contribution in [3.63, 3.8) is 0 Å². The topological polar surface area (TPSA) is 90.0 Å². The number of halogens is 3. The summed E-state index contributed by atoms with van der Waals surface area (Å²) in [5.74, 6) is -0.339. The molecule has 1 aliphatic heterocycles. The maximum Gasteiger partial charge on any atom is 0.433 e. The number of nitrogens with two attached hydrogens (primary N) is 1. The molecule has 2 heterocycles. The Morgan fingerprint density at radius 1 is 1.30 bits per heavy atom. The maximum atomic E-state index is 13.2. The molecule has 1 saturated heterocycles. The van der Waals surface area contributed by atoms with Crippen LogP contribution >= 0.6 is 0 Å². The van der Waals surface area contributed by atoms with Gasteiger partial charge in [-0.3, -0.25) is 5.43 Å². The summed E-state index contributed by atoms with van der Waals surface area (Å²) in [6.45, 7) is 0.539. The minimum Gasteiger partial charge on any atom is -0.374 e. The molecule has 3 atom stereocenters. The molecule has 6 nitrogen and oxygen atoms in total. The molecule has 9 heteroatoms. The lowest BCUT2D eigenvalue weighted by molar-refractivity contribution is -0.140. The number of hydrazine groups is 1. The van der Waals surface area contributed by atoms with E-state index in [-0.39, 0.29) is 12.0 Å². The van der Waals surface area contributed by atoms with Gasteiger partial charge in [-0.2, -0.15) is 18.4 Å². The van der Waals surface area contributed by atoms with E-state index >= 15 is 0 Å². The summed E-state index contributed by atoms with van der Waals surface area (Å²) in [7, 11) is 1.76. The Morgan fingerprint density at radius 2 is 2.04 bits per heavy atom. The van der Waals surface area contributed by atoms with Crippen LogP contribution in [0.5, 0.6) is 0 Å². The highest BCUT2D eigenvalue weighted by Crippen LogP contribution is 2.34. The summed E-state index contributed by atoms with van der Waals surface area (Å²) in [6.07, 6.45) is -3.55. The highest BCUT2D eigenvalue weighted by Gasteiger charge is 2.34. The van der Waals surface area contributed by atoms with Crippen molar-refractivity contribution in [2.24, 2.45) is 11.7 Å². The van der Waals surface area contributed by atoms with E-state index in [9.17, 15) is 18.4 Å². The predicted molar refractivity (Wildman–Crippen MR) is 96.4 cm³/mol. The number of aromatic nitrogens is 1. The van der Waals surface area contributed by atoms with Crippen LogP contribution in [0.2, 0.25) is 0 Å². The number of nitriles is 1. The van der Waals surface area contributed by atoms with Gasteiger partial charge >= 0.3 is 6.18 Å². The molecule has 27 heavy (non-hydrogen) atoms. The van der Waals surface area contributed by atoms with Crippen LogP contribution in [0.15, 0.2) is 30.3 Å². The zero-order valence-corrected chi connectivity index (χ0v) is 14.8. The molecular weight excluding hydrogens is 357 g/mol. The van der Waals surface area contributed by atoms with Gasteiger partial charge in [-0.15, -0.1) is 0 Å². The first-order valence-corrected chi connectivity index (χ1v) is 8.65. The number of rotatable bonds is 5. The molecule has 2 aromatic rings. The number of fused-ring (bicyclic) bond motifs is 1. The van der Waals surface area contributed by atoms with Crippen LogP contribution in [0.25, 0.3) is 10.9 Å². The maximum absolute atomic E-state index is 13.2. The first kappa shape index (κ1) is 19.4. The molecule has 0 saturated carbocycles. The van der Waals surface area contributed by atoms with Gasteiger partial charge in [0.1, 0.15) is 5.69 Å². The third kappa shape index (κ3) is 4.13. The number of nitrogens with one attached hydrogen (secondary N) is 2. The number of hydrogen-bond acceptors (Lipinski definition) is 6. The Labute approximate surface area is 155 Å². The van der Waals surface area contributed by atoms with Gasteiger partial charge in [0.2, 0.25) is 0 Å². The fraction of sp³-hybridized carbons (Fsp3) is 0.444. The molecule has 1 fully saturated rings. The van der Waals surface area contributed by atoms with Gasteiger partial charge in [0.15, 0.2) is 0 Å². The van der Waals surface area contributed by atoms with Gasteiger partial charge in [0.05, 0.1) is 23.7 Å². The molecule has 3 rings (SSSR count). The molecular formula is C18H21F3N6. The molecule has 3 unspecified atom stereocenters. The van der Waals surface area contributed by atoms with Crippen molar-refractivity contribution in [2.45, 2.75) is 31.2 Å². The average molecular weight is 378 g/mol. The molecule has 1 aromatic heterocycles. The number of nitrogens with zero attached hydrogens (tertiary/aromatic N) is 3. The molecule has 0 bridgehead atoms. The van der Waals surface area contributed by atoms with Crippen LogP contribution in [0.4, 0.5) is 18.9 Å². The number of benzene rings is 1. The summed E-state index contributed by atoms with van der Waals surface area (Å²) in [4.78, 5) is 5.54. The van der Waals surface area contributed by atoms with E-state index in [1.54, 1.807) is 36.2 Å². The normalized spacial score (nSPS) is 22.7. The Kier molecular flexibility index (Phi) is 5.51. The van der Waals surface area contributed by atoms with Gasteiger partial charge in [0, 0.05) is 30.7 Å². The summed E-state index contributed by atoms with van der Waals surface area (Å²) in [5, 5.41) is 9.86. The van der Waals surface area contributed by atoms with Crippen molar-refractivity contribution < 1.29 is 13.2 Å². The standard InChI is InChI=1S/C18H21F3N6/c1-27(8-4-7-14-12(10-22)17(23)26-25-14)15-9-16(18(19,20)21)24-13-6-3-2-5-11(13)15/h2-3,5-6,9,12,14,17,25-26H,4,7-8,23H2,1H3. The zero-order valence-electron chi connectivity index (χ0n) is 14.8. The van der Waals surface area contributed by atoms with E-state index in [0.29, 0.717) is 36.0 Å². The highest BCUT2D eigenvalue weighted by molar-refractivity contribution is 5.91. The second kappa shape index (κ2) is 7.68. The number of pyridine rings is 1. The van der Waals surface area contributed by atoms with Gasteiger partial charge in [-0.1, -0.05) is 18.2 Å². The summed E-state index contributed by atoms with van der Waals surface area (Å²) < 4.78 is 39.6. The fourth-order valence-electron chi connectivity index (χ4n) is 3.34. The van der Waals surface area contributed by atoms with Gasteiger partial charge < -0.3 is 10.6 Å². The number of hydrogen-bond donors (Lipinski definition) is 3. The van der Waals surface area contributed by atoms with E-state index in [1.165, 1.54) is 0 Å². The van der Waals surface area contributed by atoms with E-state index in [0.717, 1.165) is 6.07 Å². The van der Waals surface area contributed by atoms with Crippen LogP contribution in [0.3, 0.4) is 0 Å². The second-order valence-electron chi connectivity index (χ2n) is 6.68. The fourth-order valence-corrected chi connectivity index (χ4v) is 3.34. The number of anilines is 1. The molecule has 0 spiro atoms. The SMILES string of the molecule is CN(CCCC1NNC(N)C1C#N)c1cc(C(F)(F)F)nc2ccccc12. The van der Waals surface area contributed by atoms with Crippen molar-refractivity contribution >= 4 is 16.6 Å². The van der Waals surface area contributed by atoms with Crippen molar-refractivity contribution in [2.75, 3.05) is 18.5 Å². The Hall–Kier alpha value is -2.41. The van der Waals surface area contributed by atoms with Gasteiger partial charge in [0.25, 0.3) is 0 Å². The second-order valence-corrected chi connectivity index (χ2v) is 6.68. The molecule has 4 N–H and O–H groups in total. The van der Waals surface area contributed by atoms with Crippen LogP contribution in [0, 0.1) is 17.2 Å². The lowest BCUT2D eigenvalue weighted by Gasteiger charge is -2.23. The van der Waals surface area contributed by atoms with Crippen LogP contribution in [-0.4, -0.2) is 30.8 Å².